The summed E-state index contributed by atoms with van der Waals surface area (Å²) in [6.45, 7) is -0.644. The van der Waals surface area contributed by atoms with E-state index in [0.717, 1.165) is 16.9 Å². The number of hydrogen-bond donors (Lipinski definition) is 1. The zero-order valence-corrected chi connectivity index (χ0v) is 13.7. The summed E-state index contributed by atoms with van der Waals surface area (Å²) in [5.74, 6) is -1.28. The third-order valence-electron chi connectivity index (χ3n) is 2.85. The summed E-state index contributed by atoms with van der Waals surface area (Å²) < 4.78 is 5.32. The fraction of sp³-hybridized carbons (Fsp3) is 0.188. The predicted molar refractivity (Wildman–Crippen MR) is 87.8 cm³/mol. The molecule has 0 spiro atoms. The Morgan fingerprint density at radius 1 is 1.09 bits per heavy atom. The van der Waals surface area contributed by atoms with Crippen LogP contribution >= 0.6 is 22.9 Å². The Morgan fingerprint density at radius 3 is 2.48 bits per heavy atom. The van der Waals surface area contributed by atoms with Crippen molar-refractivity contribution in [2.75, 3.05) is 13.2 Å². The summed E-state index contributed by atoms with van der Waals surface area (Å²) in [5.41, 5.74) is 0.850. The number of halogens is 1. The van der Waals surface area contributed by atoms with E-state index in [1.807, 2.05) is 30.3 Å². The maximum absolute atomic E-state index is 11.7. The number of hydrogen-bond acceptors (Lipinski definition) is 5. The van der Waals surface area contributed by atoms with Crippen molar-refractivity contribution in [3.63, 3.8) is 0 Å². The van der Waals surface area contributed by atoms with Gasteiger partial charge in [-0.15, -0.1) is 11.3 Å². The lowest BCUT2D eigenvalue weighted by Crippen LogP contribution is -2.32. The molecule has 2 aromatic rings. The topological polar surface area (TPSA) is 72.5 Å². The maximum Gasteiger partial charge on any atom is 0.325 e. The van der Waals surface area contributed by atoms with Crippen LogP contribution in [0.4, 0.5) is 0 Å². The molecule has 1 amide bonds. The van der Waals surface area contributed by atoms with E-state index >= 15 is 0 Å². The zero-order valence-electron chi connectivity index (χ0n) is 12.1. The third kappa shape index (κ3) is 5.84. The highest BCUT2D eigenvalue weighted by Crippen LogP contribution is 2.21. The molecular weight excluding hydrogens is 338 g/mol. The van der Waals surface area contributed by atoms with Crippen molar-refractivity contribution < 1.29 is 19.1 Å². The number of ether oxygens (including phenoxy) is 1. The number of benzene rings is 1. The van der Waals surface area contributed by atoms with Gasteiger partial charge in [-0.1, -0.05) is 41.9 Å². The fourth-order valence-corrected chi connectivity index (χ4v) is 2.71. The Balaban J connectivity index is 1.68. The summed E-state index contributed by atoms with van der Waals surface area (Å²) in [6.07, 6.45) is 0.181. The van der Waals surface area contributed by atoms with E-state index in [9.17, 15) is 14.4 Å². The van der Waals surface area contributed by atoms with E-state index in [1.54, 1.807) is 12.1 Å². The van der Waals surface area contributed by atoms with Gasteiger partial charge < -0.3 is 10.1 Å². The molecule has 7 heteroatoms. The van der Waals surface area contributed by atoms with Crippen LogP contribution in [0.5, 0.6) is 0 Å². The molecule has 5 nitrogen and oxygen atoms in total. The molecule has 0 fully saturated rings. The zero-order chi connectivity index (χ0) is 16.7. The van der Waals surface area contributed by atoms with Crippen LogP contribution in [0.15, 0.2) is 42.5 Å². The first-order valence-electron chi connectivity index (χ1n) is 6.79. The van der Waals surface area contributed by atoms with Crippen molar-refractivity contribution in [2.24, 2.45) is 0 Å². The summed E-state index contributed by atoms with van der Waals surface area (Å²) in [4.78, 5) is 35.4. The largest absolute Gasteiger partial charge is 0.456 e. The molecule has 23 heavy (non-hydrogen) atoms. The number of nitrogens with one attached hydrogen (secondary N) is 1. The molecule has 0 bridgehead atoms. The highest BCUT2D eigenvalue weighted by atomic mass is 35.5. The molecular formula is C16H14ClNO4S. The van der Waals surface area contributed by atoms with Crippen LogP contribution in [0.3, 0.4) is 0 Å². The molecule has 0 saturated carbocycles. The van der Waals surface area contributed by atoms with Crippen molar-refractivity contribution in [3.8, 4) is 0 Å². The second-order valence-corrected chi connectivity index (χ2v) is 6.34. The second-order valence-electron chi connectivity index (χ2n) is 4.63. The number of rotatable bonds is 7. The molecule has 0 unspecified atom stereocenters. The minimum absolute atomic E-state index is 0.181. The molecule has 0 aliphatic heterocycles. The highest BCUT2D eigenvalue weighted by Gasteiger charge is 2.13. The Bertz CT molecular complexity index is 699. The monoisotopic (exact) mass is 351 g/mol. The van der Waals surface area contributed by atoms with Crippen LogP contribution in [0.25, 0.3) is 0 Å². The van der Waals surface area contributed by atoms with E-state index in [2.05, 4.69) is 5.32 Å². The Morgan fingerprint density at radius 2 is 1.83 bits per heavy atom. The Hall–Kier alpha value is -2.18. The Kier molecular flexibility index (Phi) is 6.31. The van der Waals surface area contributed by atoms with Crippen LogP contribution < -0.4 is 5.32 Å². The molecule has 1 aromatic heterocycles. The number of carbonyl (C=O) groups is 3. The quantitative estimate of drug-likeness (QED) is 0.614. The lowest BCUT2D eigenvalue weighted by molar-refractivity contribution is -0.142. The number of Topliss-reactive ketones (excluding diaryl/α,β-unsaturated/α-hetero) is 1. The number of esters is 1. The number of carbonyl (C=O) groups excluding carboxylic acids is 3. The normalized spacial score (nSPS) is 10.1. The molecule has 0 aliphatic carbocycles. The van der Waals surface area contributed by atoms with Gasteiger partial charge in [-0.3, -0.25) is 14.4 Å². The van der Waals surface area contributed by atoms with Crippen LogP contribution in [0.2, 0.25) is 4.34 Å². The SMILES string of the molecule is O=C(Cc1ccccc1)NCC(=O)OCC(=O)c1ccc(Cl)s1. The van der Waals surface area contributed by atoms with Crippen LogP contribution in [-0.4, -0.2) is 30.8 Å². The first-order chi connectivity index (χ1) is 11.0. The van der Waals surface area contributed by atoms with Gasteiger partial charge in [0.1, 0.15) is 6.54 Å². The van der Waals surface area contributed by atoms with Gasteiger partial charge in [-0.05, 0) is 17.7 Å². The molecule has 1 heterocycles. The van der Waals surface area contributed by atoms with Crippen LogP contribution in [0.1, 0.15) is 15.2 Å². The van der Waals surface area contributed by atoms with Gasteiger partial charge in [-0.2, -0.15) is 0 Å². The number of ketones is 1. The van der Waals surface area contributed by atoms with Gasteiger partial charge in [0.05, 0.1) is 15.6 Å². The lowest BCUT2D eigenvalue weighted by atomic mass is 10.1. The first-order valence-corrected chi connectivity index (χ1v) is 7.99. The van der Waals surface area contributed by atoms with Gasteiger partial charge >= 0.3 is 5.97 Å². The number of amides is 1. The molecule has 0 atom stereocenters. The van der Waals surface area contributed by atoms with Gasteiger partial charge in [0, 0.05) is 0 Å². The molecule has 0 saturated heterocycles. The van der Waals surface area contributed by atoms with Gasteiger partial charge in [0.15, 0.2) is 6.61 Å². The second kappa shape index (κ2) is 8.45. The molecule has 120 valence electrons. The third-order valence-corrected chi connectivity index (χ3v) is 4.12. The maximum atomic E-state index is 11.7. The van der Waals surface area contributed by atoms with Crippen LogP contribution in [0, 0.1) is 0 Å². The highest BCUT2D eigenvalue weighted by molar-refractivity contribution is 7.18. The average Bonchev–Trinajstić information content (AvgIpc) is 2.98. The van der Waals surface area contributed by atoms with Gasteiger partial charge in [-0.25, -0.2) is 0 Å². The summed E-state index contributed by atoms with van der Waals surface area (Å²) in [6, 6.07) is 12.3. The standard InChI is InChI=1S/C16H14ClNO4S/c17-14-7-6-13(23-14)12(19)10-22-16(21)9-18-15(20)8-11-4-2-1-3-5-11/h1-7H,8-10H2,(H,18,20). The van der Waals surface area contributed by atoms with Crippen molar-refractivity contribution in [3.05, 3.63) is 57.2 Å². The summed E-state index contributed by atoms with van der Waals surface area (Å²) in [7, 11) is 0. The molecule has 2 rings (SSSR count). The Labute approximate surface area is 142 Å². The van der Waals surface area contributed by atoms with E-state index < -0.39 is 5.97 Å². The molecule has 1 N–H and O–H groups in total. The smallest absolute Gasteiger partial charge is 0.325 e. The van der Waals surface area contributed by atoms with E-state index in [0.29, 0.717) is 9.21 Å². The molecule has 0 aliphatic rings. The first kappa shape index (κ1) is 17.2. The van der Waals surface area contributed by atoms with Crippen molar-refractivity contribution >= 4 is 40.6 Å². The van der Waals surface area contributed by atoms with Crippen molar-refractivity contribution in [1.82, 2.24) is 5.32 Å². The summed E-state index contributed by atoms with van der Waals surface area (Å²) in [5, 5.41) is 2.46. The predicted octanol–water partition coefficient (Wildman–Crippen LogP) is 2.49. The fourth-order valence-electron chi connectivity index (χ4n) is 1.75. The van der Waals surface area contributed by atoms with Gasteiger partial charge in [0.2, 0.25) is 11.7 Å². The van der Waals surface area contributed by atoms with E-state index in [-0.39, 0.29) is 31.3 Å². The van der Waals surface area contributed by atoms with E-state index in [1.165, 1.54) is 0 Å². The minimum Gasteiger partial charge on any atom is -0.456 e. The molecule has 0 radical (unpaired) electrons. The van der Waals surface area contributed by atoms with E-state index in [4.69, 9.17) is 16.3 Å². The molecule has 1 aromatic carbocycles. The van der Waals surface area contributed by atoms with Crippen LogP contribution in [-0.2, 0) is 20.7 Å². The minimum atomic E-state index is -0.664. The number of thiophene rings is 1. The van der Waals surface area contributed by atoms with Crippen molar-refractivity contribution in [2.45, 2.75) is 6.42 Å². The van der Waals surface area contributed by atoms with Crippen molar-refractivity contribution in [1.29, 1.82) is 0 Å². The summed E-state index contributed by atoms with van der Waals surface area (Å²) >= 11 is 6.85. The lowest BCUT2D eigenvalue weighted by Gasteiger charge is -2.06. The van der Waals surface area contributed by atoms with Gasteiger partial charge in [0.25, 0.3) is 0 Å². The average molecular weight is 352 g/mol.